The molecule has 9 heteroatoms. The number of anilines is 1. The number of likely N-dealkylation sites (N-methyl/N-ethyl adjacent to an activating group) is 1. The van der Waals surface area contributed by atoms with E-state index in [4.69, 9.17) is 11.6 Å². The highest BCUT2D eigenvalue weighted by Gasteiger charge is 2.33. The highest BCUT2D eigenvalue weighted by molar-refractivity contribution is 7.92. The number of halogens is 1. The molecule has 3 aromatic rings. The van der Waals surface area contributed by atoms with E-state index in [2.05, 4.69) is 5.32 Å². The maximum atomic E-state index is 13.9. The second-order valence-electron chi connectivity index (χ2n) is 9.30. The molecule has 0 unspecified atom stereocenters. The van der Waals surface area contributed by atoms with E-state index in [-0.39, 0.29) is 23.0 Å². The molecule has 3 aromatic carbocycles. The number of carbonyl (C=O) groups excluding carboxylic acids is 2. The molecule has 7 nitrogen and oxygen atoms in total. The molecule has 0 aliphatic rings. The van der Waals surface area contributed by atoms with E-state index < -0.39 is 28.5 Å². The van der Waals surface area contributed by atoms with Gasteiger partial charge in [-0.2, -0.15) is 0 Å². The Bertz CT molecular complexity index is 1390. The van der Waals surface area contributed by atoms with Crippen LogP contribution >= 0.6 is 11.6 Å². The molecular weight excluding hydrogens is 522 g/mol. The molecule has 0 aliphatic carbocycles. The standard InChI is InChI=1S/C29H34ClN3O4S/c1-6-27(29(35)31-5)32(18-23-12-7-20(2)8-13-23)28(34)19-33(24-14-11-22(4)26(30)17-24)38(36,37)25-15-9-21(3)10-16-25/h7-17,27H,6,18-19H2,1-5H3,(H,31,35)/t27-/m1/s1. The second-order valence-corrected chi connectivity index (χ2v) is 11.6. The molecule has 0 saturated heterocycles. The van der Waals surface area contributed by atoms with E-state index in [1.807, 2.05) is 52.0 Å². The van der Waals surface area contributed by atoms with Gasteiger partial charge in [0.15, 0.2) is 0 Å². The number of hydrogen-bond donors (Lipinski definition) is 1. The van der Waals surface area contributed by atoms with Crippen molar-refractivity contribution in [3.63, 3.8) is 0 Å². The van der Waals surface area contributed by atoms with Gasteiger partial charge in [0.25, 0.3) is 10.0 Å². The minimum Gasteiger partial charge on any atom is -0.357 e. The lowest BCUT2D eigenvalue weighted by molar-refractivity contribution is -0.140. The van der Waals surface area contributed by atoms with Crippen LogP contribution in [-0.2, 0) is 26.2 Å². The summed E-state index contributed by atoms with van der Waals surface area (Å²) in [7, 11) is -2.62. The monoisotopic (exact) mass is 555 g/mol. The smallest absolute Gasteiger partial charge is 0.264 e. The van der Waals surface area contributed by atoms with Gasteiger partial charge < -0.3 is 10.2 Å². The van der Waals surface area contributed by atoms with Gasteiger partial charge in [-0.05, 0) is 62.6 Å². The topological polar surface area (TPSA) is 86.8 Å². The Morgan fingerprint density at radius 2 is 1.50 bits per heavy atom. The molecule has 1 atom stereocenters. The van der Waals surface area contributed by atoms with Crippen LogP contribution in [0.1, 0.15) is 35.6 Å². The molecule has 0 heterocycles. The molecule has 2 amide bonds. The summed E-state index contributed by atoms with van der Waals surface area (Å²) in [6.07, 6.45) is 0.359. The number of hydrogen-bond acceptors (Lipinski definition) is 4. The first-order chi connectivity index (χ1) is 18.0. The lowest BCUT2D eigenvalue weighted by atomic mass is 10.1. The van der Waals surface area contributed by atoms with E-state index in [0.717, 1.165) is 26.6 Å². The number of nitrogens with zero attached hydrogens (tertiary/aromatic N) is 2. The van der Waals surface area contributed by atoms with Gasteiger partial charge in [-0.3, -0.25) is 13.9 Å². The first-order valence-electron chi connectivity index (χ1n) is 12.4. The van der Waals surface area contributed by atoms with Crippen LogP contribution in [0.4, 0.5) is 5.69 Å². The predicted molar refractivity (Wildman–Crippen MR) is 152 cm³/mol. The van der Waals surface area contributed by atoms with Crippen molar-refractivity contribution >= 4 is 39.1 Å². The Hall–Kier alpha value is -3.36. The summed E-state index contributed by atoms with van der Waals surface area (Å²) in [5.41, 5.74) is 3.85. The molecule has 0 aromatic heterocycles. The summed E-state index contributed by atoms with van der Waals surface area (Å²) in [6.45, 7) is 7.11. The molecule has 0 radical (unpaired) electrons. The molecule has 38 heavy (non-hydrogen) atoms. The highest BCUT2D eigenvalue weighted by Crippen LogP contribution is 2.29. The molecule has 0 saturated carbocycles. The minimum absolute atomic E-state index is 0.0519. The van der Waals surface area contributed by atoms with Crippen LogP contribution in [0.2, 0.25) is 5.02 Å². The van der Waals surface area contributed by atoms with E-state index in [0.29, 0.717) is 11.4 Å². The Morgan fingerprint density at radius 3 is 2.03 bits per heavy atom. The summed E-state index contributed by atoms with van der Waals surface area (Å²) >= 11 is 6.36. The fourth-order valence-electron chi connectivity index (χ4n) is 4.08. The van der Waals surface area contributed by atoms with Crippen LogP contribution in [-0.4, -0.2) is 44.8 Å². The normalized spacial score (nSPS) is 12.1. The molecule has 0 aliphatic heterocycles. The van der Waals surface area contributed by atoms with Crippen LogP contribution in [0.15, 0.2) is 71.6 Å². The fraction of sp³-hybridized carbons (Fsp3) is 0.310. The van der Waals surface area contributed by atoms with Gasteiger partial charge in [-0.1, -0.05) is 72.1 Å². The Kier molecular flexibility index (Phi) is 9.57. The number of carbonyl (C=O) groups is 2. The summed E-state index contributed by atoms with van der Waals surface area (Å²) in [5, 5.41) is 3.01. The van der Waals surface area contributed by atoms with Crippen molar-refractivity contribution in [2.24, 2.45) is 0 Å². The van der Waals surface area contributed by atoms with Crippen molar-refractivity contribution in [1.82, 2.24) is 10.2 Å². The SMILES string of the molecule is CC[C@H](C(=O)NC)N(Cc1ccc(C)cc1)C(=O)CN(c1ccc(C)c(Cl)c1)S(=O)(=O)c1ccc(C)cc1. The molecule has 1 N–H and O–H groups in total. The quantitative estimate of drug-likeness (QED) is 0.381. The van der Waals surface area contributed by atoms with Crippen molar-refractivity contribution in [3.05, 3.63) is 94.0 Å². The first kappa shape index (κ1) is 29.2. The van der Waals surface area contributed by atoms with Crippen molar-refractivity contribution in [2.75, 3.05) is 17.9 Å². The van der Waals surface area contributed by atoms with E-state index >= 15 is 0 Å². The predicted octanol–water partition coefficient (Wildman–Crippen LogP) is 5.01. The van der Waals surface area contributed by atoms with Crippen LogP contribution in [0.3, 0.4) is 0 Å². The van der Waals surface area contributed by atoms with Crippen LogP contribution in [0.5, 0.6) is 0 Å². The van der Waals surface area contributed by atoms with Gasteiger partial charge in [0.1, 0.15) is 12.6 Å². The third kappa shape index (κ3) is 6.74. The fourth-order valence-corrected chi connectivity index (χ4v) is 5.66. The summed E-state index contributed by atoms with van der Waals surface area (Å²) < 4.78 is 28.8. The molecule has 0 bridgehead atoms. The molecule has 202 valence electrons. The summed E-state index contributed by atoms with van der Waals surface area (Å²) in [5.74, 6) is -0.826. The first-order valence-corrected chi connectivity index (χ1v) is 14.2. The van der Waals surface area contributed by atoms with E-state index in [1.165, 1.54) is 30.1 Å². The van der Waals surface area contributed by atoms with Crippen LogP contribution < -0.4 is 9.62 Å². The van der Waals surface area contributed by atoms with Gasteiger partial charge >= 0.3 is 0 Å². The second kappa shape index (κ2) is 12.5. The highest BCUT2D eigenvalue weighted by atomic mass is 35.5. The van der Waals surface area contributed by atoms with Gasteiger partial charge in [0.2, 0.25) is 11.8 Å². The van der Waals surface area contributed by atoms with Gasteiger partial charge in [-0.25, -0.2) is 8.42 Å². The van der Waals surface area contributed by atoms with Crippen molar-refractivity contribution in [1.29, 1.82) is 0 Å². The zero-order chi connectivity index (χ0) is 28.0. The molecular formula is C29H34ClN3O4S. The Morgan fingerprint density at radius 1 is 0.921 bits per heavy atom. The third-order valence-corrected chi connectivity index (χ3v) is 8.63. The number of sulfonamides is 1. The van der Waals surface area contributed by atoms with Crippen molar-refractivity contribution in [3.8, 4) is 0 Å². The Balaban J connectivity index is 2.08. The average molecular weight is 556 g/mol. The minimum atomic E-state index is -4.14. The zero-order valence-corrected chi connectivity index (χ0v) is 23.9. The van der Waals surface area contributed by atoms with Crippen LogP contribution in [0.25, 0.3) is 0 Å². The lowest BCUT2D eigenvalue weighted by Gasteiger charge is -2.33. The third-order valence-electron chi connectivity index (χ3n) is 6.44. The van der Waals surface area contributed by atoms with Crippen molar-refractivity contribution in [2.45, 2.75) is 51.6 Å². The summed E-state index contributed by atoms with van der Waals surface area (Å²) in [6, 6.07) is 18.2. The summed E-state index contributed by atoms with van der Waals surface area (Å²) in [4.78, 5) is 28.2. The number of rotatable bonds is 10. The van der Waals surface area contributed by atoms with Gasteiger partial charge in [-0.15, -0.1) is 0 Å². The molecule has 0 fully saturated rings. The molecule has 3 rings (SSSR count). The number of benzene rings is 3. The van der Waals surface area contributed by atoms with Crippen molar-refractivity contribution < 1.29 is 18.0 Å². The largest absolute Gasteiger partial charge is 0.357 e. The average Bonchev–Trinajstić information content (AvgIpc) is 2.89. The van der Waals surface area contributed by atoms with Gasteiger partial charge in [0, 0.05) is 18.6 Å². The maximum Gasteiger partial charge on any atom is 0.264 e. The van der Waals surface area contributed by atoms with Gasteiger partial charge in [0.05, 0.1) is 10.6 Å². The lowest BCUT2D eigenvalue weighted by Crippen LogP contribution is -2.51. The van der Waals surface area contributed by atoms with E-state index in [9.17, 15) is 18.0 Å². The number of aryl methyl sites for hydroxylation is 3. The Labute approximate surface area is 230 Å². The van der Waals surface area contributed by atoms with Crippen LogP contribution in [0, 0.1) is 20.8 Å². The number of amides is 2. The van der Waals surface area contributed by atoms with E-state index in [1.54, 1.807) is 24.3 Å². The zero-order valence-electron chi connectivity index (χ0n) is 22.4. The molecule has 0 spiro atoms. The number of nitrogens with one attached hydrogen (secondary N) is 1. The maximum absolute atomic E-state index is 13.9.